The Morgan fingerprint density at radius 3 is 2.52 bits per heavy atom. The first-order chi connectivity index (χ1) is 11.3. The number of aromatic nitrogens is 2. The van der Waals surface area contributed by atoms with E-state index in [1.165, 1.54) is 0 Å². The SMILES string of the molecule is Nc1ccccc1CCCOc1cc(-c2ccncc2)ccn1. The Morgan fingerprint density at radius 1 is 0.913 bits per heavy atom. The Balaban J connectivity index is 1.56. The normalized spacial score (nSPS) is 10.4. The number of rotatable bonds is 6. The van der Waals surface area contributed by atoms with Gasteiger partial charge in [-0.25, -0.2) is 4.98 Å². The van der Waals surface area contributed by atoms with Crippen molar-refractivity contribution in [2.45, 2.75) is 12.8 Å². The minimum atomic E-state index is 0.612. The van der Waals surface area contributed by atoms with Crippen LogP contribution in [0.3, 0.4) is 0 Å². The minimum Gasteiger partial charge on any atom is -0.478 e. The van der Waals surface area contributed by atoms with E-state index in [1.54, 1.807) is 18.6 Å². The molecule has 0 amide bonds. The number of nitrogens with two attached hydrogens (primary N) is 1. The molecule has 2 aromatic heterocycles. The molecule has 3 aromatic rings. The predicted molar refractivity (Wildman–Crippen MR) is 92.1 cm³/mol. The molecule has 0 fully saturated rings. The number of nitrogen functional groups attached to an aromatic ring is 1. The highest BCUT2D eigenvalue weighted by Gasteiger charge is 2.02. The maximum atomic E-state index is 5.94. The van der Waals surface area contributed by atoms with E-state index in [9.17, 15) is 0 Å². The van der Waals surface area contributed by atoms with Crippen molar-refractivity contribution in [3.63, 3.8) is 0 Å². The summed E-state index contributed by atoms with van der Waals surface area (Å²) in [5, 5.41) is 0. The van der Waals surface area contributed by atoms with E-state index in [0.717, 1.165) is 35.2 Å². The van der Waals surface area contributed by atoms with E-state index < -0.39 is 0 Å². The topological polar surface area (TPSA) is 61.0 Å². The first kappa shape index (κ1) is 15.0. The number of ether oxygens (including phenoxy) is 1. The van der Waals surface area contributed by atoms with Crippen molar-refractivity contribution in [3.8, 4) is 17.0 Å². The average molecular weight is 305 g/mol. The van der Waals surface area contributed by atoms with Crippen LogP contribution in [0.25, 0.3) is 11.1 Å². The molecule has 2 heterocycles. The van der Waals surface area contributed by atoms with Crippen molar-refractivity contribution in [1.29, 1.82) is 0 Å². The minimum absolute atomic E-state index is 0.612. The first-order valence-corrected chi connectivity index (χ1v) is 7.65. The molecule has 3 rings (SSSR count). The van der Waals surface area contributed by atoms with Crippen LogP contribution in [-0.2, 0) is 6.42 Å². The lowest BCUT2D eigenvalue weighted by Crippen LogP contribution is -2.02. The predicted octanol–water partition coefficient (Wildman–Crippen LogP) is 3.74. The fourth-order valence-electron chi connectivity index (χ4n) is 2.41. The molecule has 0 unspecified atom stereocenters. The molecule has 4 heteroatoms. The van der Waals surface area contributed by atoms with Crippen molar-refractivity contribution < 1.29 is 4.74 Å². The van der Waals surface area contributed by atoms with Gasteiger partial charge < -0.3 is 10.5 Å². The van der Waals surface area contributed by atoms with E-state index in [2.05, 4.69) is 16.0 Å². The quantitative estimate of drug-likeness (QED) is 0.557. The second-order valence-electron chi connectivity index (χ2n) is 5.27. The summed E-state index contributed by atoms with van der Waals surface area (Å²) >= 11 is 0. The van der Waals surface area contributed by atoms with Gasteiger partial charge in [-0.15, -0.1) is 0 Å². The summed E-state index contributed by atoms with van der Waals surface area (Å²) in [6, 6.07) is 15.8. The molecule has 2 N–H and O–H groups in total. The number of para-hydroxylation sites is 1. The van der Waals surface area contributed by atoms with Crippen LogP contribution in [0.15, 0.2) is 67.1 Å². The molecule has 0 bridgehead atoms. The van der Waals surface area contributed by atoms with Gasteiger partial charge in [-0.3, -0.25) is 4.98 Å². The standard InChI is InChI=1S/C19H19N3O/c20-18-6-2-1-4-16(18)5-3-13-23-19-14-17(9-12-22-19)15-7-10-21-11-8-15/h1-2,4,6-12,14H,3,5,13,20H2. The third kappa shape index (κ3) is 4.07. The second kappa shape index (κ2) is 7.40. The maximum Gasteiger partial charge on any atom is 0.213 e. The number of hydrogen-bond donors (Lipinski definition) is 1. The lowest BCUT2D eigenvalue weighted by Gasteiger charge is -2.08. The van der Waals surface area contributed by atoms with Gasteiger partial charge >= 0.3 is 0 Å². The zero-order valence-corrected chi connectivity index (χ0v) is 12.9. The molecule has 4 nitrogen and oxygen atoms in total. The van der Waals surface area contributed by atoms with E-state index in [-0.39, 0.29) is 0 Å². The molecule has 0 aliphatic heterocycles. The van der Waals surface area contributed by atoms with Gasteiger partial charge in [-0.2, -0.15) is 0 Å². The lowest BCUT2D eigenvalue weighted by molar-refractivity contribution is 0.299. The monoisotopic (exact) mass is 305 g/mol. The van der Waals surface area contributed by atoms with Gasteiger partial charge in [-0.05, 0) is 53.8 Å². The molecular weight excluding hydrogens is 286 g/mol. The Kier molecular flexibility index (Phi) is 4.84. The summed E-state index contributed by atoms with van der Waals surface area (Å²) in [4.78, 5) is 8.30. The number of aryl methyl sites for hydroxylation is 1. The smallest absolute Gasteiger partial charge is 0.213 e. The third-order valence-electron chi connectivity index (χ3n) is 3.64. The van der Waals surface area contributed by atoms with E-state index >= 15 is 0 Å². The number of hydrogen-bond acceptors (Lipinski definition) is 4. The number of pyridine rings is 2. The second-order valence-corrected chi connectivity index (χ2v) is 5.27. The number of nitrogens with zero attached hydrogens (tertiary/aromatic N) is 2. The van der Waals surface area contributed by atoms with Gasteiger partial charge in [0, 0.05) is 30.3 Å². The largest absolute Gasteiger partial charge is 0.478 e. The van der Waals surface area contributed by atoms with Crippen molar-refractivity contribution in [2.24, 2.45) is 0 Å². The zero-order valence-electron chi connectivity index (χ0n) is 12.9. The maximum absolute atomic E-state index is 5.94. The highest BCUT2D eigenvalue weighted by Crippen LogP contribution is 2.21. The van der Waals surface area contributed by atoms with Crippen LogP contribution in [0.5, 0.6) is 5.88 Å². The van der Waals surface area contributed by atoms with Crippen molar-refractivity contribution in [2.75, 3.05) is 12.3 Å². The number of benzene rings is 1. The van der Waals surface area contributed by atoms with E-state index in [4.69, 9.17) is 10.5 Å². The molecule has 23 heavy (non-hydrogen) atoms. The van der Waals surface area contributed by atoms with Crippen LogP contribution in [0.4, 0.5) is 5.69 Å². The molecule has 0 aliphatic carbocycles. The van der Waals surface area contributed by atoms with Gasteiger partial charge in [0.1, 0.15) is 0 Å². The Hall–Kier alpha value is -2.88. The summed E-state index contributed by atoms with van der Waals surface area (Å²) in [5.41, 5.74) is 10.1. The Labute approximate surface area is 136 Å². The fraction of sp³-hybridized carbons (Fsp3) is 0.158. The van der Waals surface area contributed by atoms with Crippen LogP contribution < -0.4 is 10.5 Å². The summed E-state index contributed by atoms with van der Waals surface area (Å²) in [6.07, 6.45) is 7.12. The summed E-state index contributed by atoms with van der Waals surface area (Å²) in [5.74, 6) is 0.639. The lowest BCUT2D eigenvalue weighted by atomic mass is 10.1. The molecular formula is C19H19N3O. The Morgan fingerprint density at radius 2 is 1.70 bits per heavy atom. The van der Waals surface area contributed by atoms with Crippen LogP contribution >= 0.6 is 0 Å². The van der Waals surface area contributed by atoms with Crippen LogP contribution in [0.2, 0.25) is 0 Å². The summed E-state index contributed by atoms with van der Waals surface area (Å²) in [7, 11) is 0. The molecule has 0 aliphatic rings. The average Bonchev–Trinajstić information content (AvgIpc) is 2.61. The zero-order chi connectivity index (χ0) is 15.9. The van der Waals surface area contributed by atoms with Crippen molar-refractivity contribution in [1.82, 2.24) is 9.97 Å². The van der Waals surface area contributed by atoms with Crippen LogP contribution in [0.1, 0.15) is 12.0 Å². The molecule has 0 radical (unpaired) electrons. The summed E-state index contributed by atoms with van der Waals surface area (Å²) < 4.78 is 5.76. The van der Waals surface area contributed by atoms with Crippen molar-refractivity contribution >= 4 is 5.69 Å². The number of anilines is 1. The Bertz CT molecular complexity index is 759. The van der Waals surface area contributed by atoms with Gasteiger partial charge in [0.25, 0.3) is 0 Å². The van der Waals surface area contributed by atoms with E-state index in [0.29, 0.717) is 12.5 Å². The van der Waals surface area contributed by atoms with Gasteiger partial charge in [-0.1, -0.05) is 18.2 Å². The molecule has 1 aromatic carbocycles. The third-order valence-corrected chi connectivity index (χ3v) is 3.64. The highest BCUT2D eigenvalue weighted by molar-refractivity contribution is 5.63. The van der Waals surface area contributed by atoms with E-state index in [1.807, 2.05) is 42.5 Å². The first-order valence-electron chi connectivity index (χ1n) is 7.65. The molecule has 116 valence electrons. The highest BCUT2D eigenvalue weighted by atomic mass is 16.5. The molecule has 0 atom stereocenters. The summed E-state index contributed by atoms with van der Waals surface area (Å²) in [6.45, 7) is 0.612. The molecule has 0 saturated heterocycles. The molecule has 0 saturated carbocycles. The van der Waals surface area contributed by atoms with Crippen molar-refractivity contribution in [3.05, 3.63) is 72.7 Å². The van der Waals surface area contributed by atoms with Gasteiger partial charge in [0.05, 0.1) is 6.61 Å². The van der Waals surface area contributed by atoms with Gasteiger partial charge in [0.15, 0.2) is 0 Å². The fourth-order valence-corrected chi connectivity index (χ4v) is 2.41. The molecule has 0 spiro atoms. The van der Waals surface area contributed by atoms with Gasteiger partial charge in [0.2, 0.25) is 5.88 Å². The van der Waals surface area contributed by atoms with Crippen LogP contribution in [0, 0.1) is 0 Å². The van der Waals surface area contributed by atoms with Crippen LogP contribution in [-0.4, -0.2) is 16.6 Å².